The normalized spacial score (nSPS) is 12.5. The molecule has 2 aliphatic heterocycles. The molecule has 0 atom stereocenters. The summed E-state index contributed by atoms with van der Waals surface area (Å²) in [5, 5.41) is 7.46. The molecule has 0 fully saturated rings. The van der Waals surface area contributed by atoms with Crippen LogP contribution >= 0.6 is 11.3 Å². The molecule has 0 amide bonds. The standard InChI is InChI=1S/C30H17BN4S.Pd/c1-3-8-28-24(6-1)22-12-10-20(30-32-15-17-36-30)18-26(22)31-27-19-21(34-16-5-14-33-34)11-13-23(27)25-7-2-4-9-29(25)35(28)31;/h1-17H;/q-2;+2. The monoisotopic (exact) mass is 582 g/mol. The minimum absolute atomic E-state index is 0. The summed E-state index contributed by atoms with van der Waals surface area (Å²) in [6.45, 7) is -0.0739. The molecule has 4 aromatic carbocycles. The van der Waals surface area contributed by atoms with E-state index in [-0.39, 0.29) is 27.3 Å². The van der Waals surface area contributed by atoms with Crippen molar-refractivity contribution in [1.29, 1.82) is 0 Å². The van der Waals surface area contributed by atoms with Crippen molar-refractivity contribution in [3.8, 4) is 38.5 Å². The van der Waals surface area contributed by atoms with Gasteiger partial charge >= 0.3 is 20.4 Å². The van der Waals surface area contributed by atoms with Crippen molar-refractivity contribution < 1.29 is 20.4 Å². The Labute approximate surface area is 233 Å². The van der Waals surface area contributed by atoms with Crippen LogP contribution in [0.25, 0.3) is 38.5 Å². The van der Waals surface area contributed by atoms with Gasteiger partial charge in [-0.15, -0.1) is 46.4 Å². The van der Waals surface area contributed by atoms with E-state index in [2.05, 4.69) is 99.8 Å². The first-order chi connectivity index (χ1) is 17.9. The van der Waals surface area contributed by atoms with Gasteiger partial charge in [-0.2, -0.15) is 34.0 Å². The number of nitrogens with zero attached hydrogens (tertiary/aromatic N) is 4. The molecule has 0 spiro atoms. The Balaban J connectivity index is 0.00000231. The van der Waals surface area contributed by atoms with E-state index in [1.165, 1.54) is 33.6 Å². The summed E-state index contributed by atoms with van der Waals surface area (Å²) in [6, 6.07) is 35.5. The number of anilines is 2. The average Bonchev–Trinajstić information content (AvgIpc) is 3.67. The fourth-order valence-electron chi connectivity index (χ4n) is 5.57. The van der Waals surface area contributed by atoms with Gasteiger partial charge in [0.15, 0.2) is 0 Å². The number of aromatic nitrogens is 3. The van der Waals surface area contributed by atoms with Crippen LogP contribution in [0.1, 0.15) is 0 Å². The number of para-hydroxylation sites is 2. The van der Waals surface area contributed by atoms with Crippen molar-refractivity contribution in [3.63, 3.8) is 0 Å². The number of fused-ring (bicyclic) bond motifs is 11. The van der Waals surface area contributed by atoms with E-state index in [0.29, 0.717) is 0 Å². The van der Waals surface area contributed by atoms with Crippen LogP contribution in [0.5, 0.6) is 0 Å². The molecule has 0 saturated carbocycles. The molecule has 6 aromatic rings. The molecule has 37 heavy (non-hydrogen) atoms. The second kappa shape index (κ2) is 8.67. The van der Waals surface area contributed by atoms with Crippen LogP contribution in [0, 0.1) is 12.1 Å². The summed E-state index contributed by atoms with van der Waals surface area (Å²) >= 11 is 1.64. The summed E-state index contributed by atoms with van der Waals surface area (Å²) in [6.07, 6.45) is 5.61. The Kier molecular flexibility index (Phi) is 5.26. The van der Waals surface area contributed by atoms with Gasteiger partial charge in [-0.3, -0.25) is 9.67 Å². The van der Waals surface area contributed by atoms with Gasteiger partial charge in [-0.05, 0) is 29.4 Å². The van der Waals surface area contributed by atoms with E-state index >= 15 is 0 Å². The SMILES string of the molecule is [Pd+2].[c-]1c(-c2nccs2)ccc2c1B1c3[c-]c(-n4cccn4)ccc3-c3ccccc3N1c1ccccc1-2. The first-order valence-electron chi connectivity index (χ1n) is 11.9. The maximum atomic E-state index is 4.57. The molecule has 0 unspecified atom stereocenters. The van der Waals surface area contributed by atoms with Crippen LogP contribution in [-0.2, 0) is 20.4 Å². The number of rotatable bonds is 2. The van der Waals surface area contributed by atoms with Crippen molar-refractivity contribution in [1.82, 2.24) is 14.8 Å². The first kappa shape index (κ1) is 22.4. The van der Waals surface area contributed by atoms with Crippen LogP contribution in [0.3, 0.4) is 0 Å². The Morgan fingerprint density at radius 2 is 1.41 bits per heavy atom. The summed E-state index contributed by atoms with van der Waals surface area (Å²) in [5.41, 5.74) is 11.4. The maximum absolute atomic E-state index is 4.57. The fourth-order valence-corrected chi connectivity index (χ4v) is 6.19. The smallest absolute Gasteiger partial charge is 0.381 e. The second-order valence-corrected chi connectivity index (χ2v) is 9.86. The van der Waals surface area contributed by atoms with Gasteiger partial charge in [0.25, 0.3) is 6.85 Å². The molecule has 8 rings (SSSR count). The van der Waals surface area contributed by atoms with Gasteiger partial charge in [-0.1, -0.05) is 42.0 Å². The Morgan fingerprint density at radius 1 is 0.703 bits per heavy atom. The average molecular weight is 583 g/mol. The molecular weight excluding hydrogens is 566 g/mol. The zero-order chi connectivity index (χ0) is 23.6. The molecule has 0 saturated heterocycles. The largest absolute Gasteiger partial charge is 2.00 e. The molecule has 7 heteroatoms. The van der Waals surface area contributed by atoms with E-state index in [1.54, 1.807) is 17.5 Å². The predicted octanol–water partition coefficient (Wildman–Crippen LogP) is 5.50. The molecule has 0 N–H and O–H groups in total. The molecule has 2 aliphatic rings. The quantitative estimate of drug-likeness (QED) is 0.200. The Morgan fingerprint density at radius 3 is 2.08 bits per heavy atom. The van der Waals surface area contributed by atoms with Gasteiger partial charge in [0.05, 0.1) is 0 Å². The van der Waals surface area contributed by atoms with Gasteiger partial charge in [0.2, 0.25) is 0 Å². The number of hydrogen-bond donors (Lipinski definition) is 0. The van der Waals surface area contributed by atoms with Crippen LogP contribution in [-0.4, -0.2) is 21.6 Å². The van der Waals surface area contributed by atoms with E-state index in [1.807, 2.05) is 28.5 Å². The third kappa shape index (κ3) is 3.32. The van der Waals surface area contributed by atoms with Crippen LogP contribution in [0.4, 0.5) is 11.4 Å². The third-order valence-electron chi connectivity index (χ3n) is 7.06. The van der Waals surface area contributed by atoms with Crippen molar-refractivity contribution in [2.45, 2.75) is 0 Å². The minimum Gasteiger partial charge on any atom is -0.381 e. The third-order valence-corrected chi connectivity index (χ3v) is 7.87. The topological polar surface area (TPSA) is 34.0 Å². The fraction of sp³-hybridized carbons (Fsp3) is 0. The van der Waals surface area contributed by atoms with E-state index in [0.717, 1.165) is 27.2 Å². The summed E-state index contributed by atoms with van der Waals surface area (Å²) in [4.78, 5) is 7.03. The Hall–Kier alpha value is -3.75. The summed E-state index contributed by atoms with van der Waals surface area (Å²) in [5.74, 6) is 0. The minimum atomic E-state index is -0.0739. The van der Waals surface area contributed by atoms with E-state index < -0.39 is 0 Å². The number of benzene rings is 4. The zero-order valence-electron chi connectivity index (χ0n) is 19.4. The van der Waals surface area contributed by atoms with Crippen molar-refractivity contribution >= 4 is 40.5 Å². The molecule has 4 heterocycles. The van der Waals surface area contributed by atoms with E-state index in [9.17, 15) is 0 Å². The van der Waals surface area contributed by atoms with E-state index in [4.69, 9.17) is 0 Å². The predicted molar refractivity (Wildman–Crippen MR) is 147 cm³/mol. The Bertz CT molecular complexity index is 1640. The maximum Gasteiger partial charge on any atom is 2.00 e. The van der Waals surface area contributed by atoms with Gasteiger partial charge in [0, 0.05) is 40.4 Å². The molecule has 0 radical (unpaired) electrons. The number of hydrogen-bond acceptors (Lipinski definition) is 4. The molecular formula is C30H17BN4PdS. The van der Waals surface area contributed by atoms with Crippen LogP contribution in [0.2, 0.25) is 0 Å². The first-order valence-corrected chi connectivity index (χ1v) is 12.8. The van der Waals surface area contributed by atoms with Crippen LogP contribution < -0.4 is 15.7 Å². The molecule has 0 bridgehead atoms. The summed E-state index contributed by atoms with van der Waals surface area (Å²) < 4.78 is 1.87. The van der Waals surface area contributed by atoms with Crippen molar-refractivity contribution in [3.05, 3.63) is 115 Å². The van der Waals surface area contributed by atoms with Gasteiger partial charge < -0.3 is 4.81 Å². The van der Waals surface area contributed by atoms with Gasteiger partial charge in [-0.25, -0.2) is 0 Å². The molecule has 176 valence electrons. The molecule has 4 nitrogen and oxygen atoms in total. The van der Waals surface area contributed by atoms with Crippen molar-refractivity contribution in [2.24, 2.45) is 0 Å². The van der Waals surface area contributed by atoms with Crippen LogP contribution in [0.15, 0.2) is 103 Å². The molecule has 0 aliphatic carbocycles. The summed E-state index contributed by atoms with van der Waals surface area (Å²) in [7, 11) is 0. The molecule has 2 aromatic heterocycles. The second-order valence-electron chi connectivity index (χ2n) is 8.97. The van der Waals surface area contributed by atoms with Gasteiger partial charge in [0.1, 0.15) is 0 Å². The number of thiazole rings is 1. The van der Waals surface area contributed by atoms with Crippen molar-refractivity contribution in [2.75, 3.05) is 4.81 Å². The zero-order valence-corrected chi connectivity index (χ0v) is 21.8.